The smallest absolute Gasteiger partial charge is 0.257 e. The second kappa shape index (κ2) is 14.5. The van der Waals surface area contributed by atoms with E-state index < -0.39 is 0 Å². The third kappa shape index (κ3) is 8.58. The molecule has 0 unspecified atom stereocenters. The van der Waals surface area contributed by atoms with Crippen LogP contribution in [0, 0.1) is 0 Å². The van der Waals surface area contributed by atoms with Gasteiger partial charge in [0, 0.05) is 24.1 Å². The first kappa shape index (κ1) is 25.9. The molecule has 184 valence electrons. The third-order valence-electron chi connectivity index (χ3n) is 6.08. The monoisotopic (exact) mass is 465 g/mol. The van der Waals surface area contributed by atoms with Crippen LogP contribution in [-0.2, 0) is 19.5 Å². The third-order valence-corrected chi connectivity index (χ3v) is 6.08. The molecule has 0 aliphatic carbocycles. The van der Waals surface area contributed by atoms with Crippen LogP contribution in [0.2, 0.25) is 0 Å². The van der Waals surface area contributed by atoms with Crippen molar-refractivity contribution in [3.05, 3.63) is 65.5 Å². The summed E-state index contributed by atoms with van der Waals surface area (Å²) in [7, 11) is 1.64. The molecule has 0 spiro atoms. The van der Waals surface area contributed by atoms with Crippen molar-refractivity contribution in [2.24, 2.45) is 0 Å². The molecule has 1 aromatic heterocycles. The Morgan fingerprint density at radius 3 is 2.24 bits per heavy atom. The Morgan fingerprint density at radius 2 is 1.53 bits per heavy atom. The van der Waals surface area contributed by atoms with Gasteiger partial charge in [-0.05, 0) is 30.2 Å². The minimum atomic E-state index is 0.387. The predicted molar refractivity (Wildman–Crippen MR) is 135 cm³/mol. The molecule has 0 bridgehead atoms. The van der Waals surface area contributed by atoms with Gasteiger partial charge in [-0.25, -0.2) is 0 Å². The quantitative estimate of drug-likeness (QED) is 0.178. The van der Waals surface area contributed by atoms with Crippen LogP contribution in [-0.4, -0.2) is 27.5 Å². The molecule has 34 heavy (non-hydrogen) atoms. The summed E-state index contributed by atoms with van der Waals surface area (Å²) in [5.74, 6) is 2.10. The van der Waals surface area contributed by atoms with Crippen molar-refractivity contribution in [2.45, 2.75) is 84.2 Å². The van der Waals surface area contributed by atoms with E-state index in [4.69, 9.17) is 9.26 Å². The lowest BCUT2D eigenvalue weighted by molar-refractivity contribution is -0.108. The molecule has 0 fully saturated rings. The van der Waals surface area contributed by atoms with E-state index in [-0.39, 0.29) is 0 Å². The molecule has 0 radical (unpaired) electrons. The maximum absolute atomic E-state index is 10.4. The maximum Gasteiger partial charge on any atom is 0.257 e. The molecule has 1 N–H and O–H groups in total. The van der Waals surface area contributed by atoms with Crippen LogP contribution >= 0.6 is 0 Å². The average Bonchev–Trinajstić information content (AvgIpc) is 3.33. The Kier molecular flexibility index (Phi) is 11.1. The average molecular weight is 466 g/mol. The molecule has 0 aliphatic rings. The highest BCUT2D eigenvalue weighted by Crippen LogP contribution is 2.22. The van der Waals surface area contributed by atoms with Crippen molar-refractivity contribution < 1.29 is 14.5 Å². The number of para-hydroxylation sites is 1. The molecule has 3 aromatic rings. The number of unbranched alkanes of at least 4 members (excludes halogenated alkanes) is 8. The van der Waals surface area contributed by atoms with E-state index in [9.17, 15) is 5.21 Å². The van der Waals surface area contributed by atoms with Crippen LogP contribution in [0.15, 0.2) is 53.1 Å². The summed E-state index contributed by atoms with van der Waals surface area (Å²) in [4.78, 5) is 4.56. The van der Waals surface area contributed by atoms with E-state index >= 15 is 0 Å². The molecule has 0 amide bonds. The van der Waals surface area contributed by atoms with E-state index in [2.05, 4.69) is 17.1 Å². The summed E-state index contributed by atoms with van der Waals surface area (Å²) in [5, 5.41) is 15.8. The molecular formula is C28H39N3O3. The summed E-state index contributed by atoms with van der Waals surface area (Å²) >= 11 is 0. The van der Waals surface area contributed by atoms with E-state index in [1.165, 1.54) is 56.4 Å². The fourth-order valence-electron chi connectivity index (χ4n) is 4.12. The van der Waals surface area contributed by atoms with Gasteiger partial charge in [-0.15, -0.1) is 0 Å². The fourth-order valence-corrected chi connectivity index (χ4v) is 4.12. The molecule has 0 saturated carbocycles. The Bertz CT molecular complexity index is 956. The molecular weight excluding hydrogens is 426 g/mol. The lowest BCUT2D eigenvalue weighted by Gasteiger charge is -2.16. The summed E-state index contributed by atoms with van der Waals surface area (Å²) in [6.45, 7) is 3.05. The van der Waals surface area contributed by atoms with Gasteiger partial charge in [-0.2, -0.15) is 10.0 Å². The fraction of sp³-hybridized carbons (Fsp3) is 0.500. The second-order valence-electron chi connectivity index (χ2n) is 8.93. The lowest BCUT2D eigenvalue weighted by atomic mass is 10.1. The summed E-state index contributed by atoms with van der Waals surface area (Å²) in [6, 6.07) is 15.6. The van der Waals surface area contributed by atoms with Gasteiger partial charge in [-0.1, -0.05) is 93.8 Å². The highest BCUT2D eigenvalue weighted by atomic mass is 16.5. The van der Waals surface area contributed by atoms with Crippen LogP contribution in [0.1, 0.15) is 81.7 Å². The van der Waals surface area contributed by atoms with Crippen molar-refractivity contribution in [1.82, 2.24) is 15.2 Å². The maximum atomic E-state index is 10.4. The van der Waals surface area contributed by atoms with Crippen molar-refractivity contribution in [1.29, 1.82) is 0 Å². The number of hydrogen-bond acceptors (Lipinski definition) is 6. The SMILES string of the molecule is CCCCCCCCCCCc1noc(-c2ccc(CN(O)Cc3ccccc3OC)cc2)n1. The number of hydroxylamine groups is 2. The van der Waals surface area contributed by atoms with Crippen LogP contribution in [0.3, 0.4) is 0 Å². The predicted octanol–water partition coefficient (Wildman–Crippen LogP) is 7.21. The number of methoxy groups -OCH3 is 1. The van der Waals surface area contributed by atoms with Crippen LogP contribution in [0.4, 0.5) is 0 Å². The lowest BCUT2D eigenvalue weighted by Crippen LogP contribution is -2.18. The van der Waals surface area contributed by atoms with Gasteiger partial charge >= 0.3 is 0 Å². The summed E-state index contributed by atoms with van der Waals surface area (Å²) in [6.07, 6.45) is 12.6. The summed E-state index contributed by atoms with van der Waals surface area (Å²) in [5.41, 5.74) is 2.83. The Balaban J connectivity index is 1.40. The van der Waals surface area contributed by atoms with Crippen LogP contribution in [0.25, 0.3) is 11.5 Å². The van der Waals surface area contributed by atoms with Crippen LogP contribution < -0.4 is 4.74 Å². The standard InChI is InChI=1S/C28H39N3O3/c1-3-4-5-6-7-8-9-10-11-16-27-29-28(34-30-27)24-19-17-23(18-20-24)21-31(32)22-25-14-12-13-15-26(25)33-2/h12-15,17-20,32H,3-11,16,21-22H2,1-2H3. The van der Waals surface area contributed by atoms with Gasteiger partial charge < -0.3 is 14.5 Å². The van der Waals surface area contributed by atoms with E-state index in [1.807, 2.05) is 48.5 Å². The van der Waals surface area contributed by atoms with Crippen molar-refractivity contribution in [2.75, 3.05) is 7.11 Å². The molecule has 6 nitrogen and oxygen atoms in total. The first-order valence-corrected chi connectivity index (χ1v) is 12.7. The van der Waals surface area contributed by atoms with Crippen LogP contribution in [0.5, 0.6) is 5.75 Å². The summed E-state index contributed by atoms with van der Waals surface area (Å²) < 4.78 is 10.8. The van der Waals surface area contributed by atoms with Crippen molar-refractivity contribution in [3.8, 4) is 17.2 Å². The number of rotatable bonds is 16. The van der Waals surface area contributed by atoms with Gasteiger partial charge in [0.05, 0.1) is 13.7 Å². The molecule has 0 saturated heterocycles. The van der Waals surface area contributed by atoms with Gasteiger partial charge in [-0.3, -0.25) is 0 Å². The largest absolute Gasteiger partial charge is 0.496 e. The second-order valence-corrected chi connectivity index (χ2v) is 8.93. The molecule has 0 aliphatic heterocycles. The minimum Gasteiger partial charge on any atom is -0.496 e. The highest BCUT2D eigenvalue weighted by Gasteiger charge is 2.11. The Hall–Kier alpha value is -2.70. The Labute approximate surface area is 203 Å². The van der Waals surface area contributed by atoms with E-state index in [0.29, 0.717) is 19.0 Å². The Morgan fingerprint density at radius 1 is 0.853 bits per heavy atom. The normalized spacial score (nSPS) is 11.3. The molecule has 0 atom stereocenters. The number of ether oxygens (including phenoxy) is 1. The number of nitrogens with zero attached hydrogens (tertiary/aromatic N) is 3. The zero-order valence-corrected chi connectivity index (χ0v) is 20.7. The van der Waals surface area contributed by atoms with Crippen molar-refractivity contribution >= 4 is 0 Å². The molecule has 2 aromatic carbocycles. The van der Waals surface area contributed by atoms with E-state index in [1.54, 1.807) is 7.11 Å². The van der Waals surface area contributed by atoms with Gasteiger partial charge in [0.1, 0.15) is 5.75 Å². The van der Waals surface area contributed by atoms with Gasteiger partial charge in [0.2, 0.25) is 0 Å². The molecule has 1 heterocycles. The van der Waals surface area contributed by atoms with Gasteiger partial charge in [0.25, 0.3) is 5.89 Å². The molecule has 3 rings (SSSR count). The zero-order valence-electron chi connectivity index (χ0n) is 20.7. The first-order chi connectivity index (χ1) is 16.7. The first-order valence-electron chi connectivity index (χ1n) is 12.7. The number of benzene rings is 2. The number of aromatic nitrogens is 2. The highest BCUT2D eigenvalue weighted by molar-refractivity contribution is 5.53. The van der Waals surface area contributed by atoms with Crippen molar-refractivity contribution in [3.63, 3.8) is 0 Å². The van der Waals surface area contributed by atoms with Gasteiger partial charge in [0.15, 0.2) is 5.82 Å². The topological polar surface area (TPSA) is 71.6 Å². The minimum absolute atomic E-state index is 0.387. The molecule has 6 heteroatoms. The number of hydrogen-bond donors (Lipinski definition) is 1. The zero-order chi connectivity index (χ0) is 24.0. The van der Waals surface area contributed by atoms with E-state index in [0.717, 1.165) is 41.1 Å². The number of aryl methyl sites for hydroxylation is 1.